The summed E-state index contributed by atoms with van der Waals surface area (Å²) in [7, 11) is 0. The smallest absolute Gasteiger partial charge is 0.0161 e. The van der Waals surface area contributed by atoms with E-state index in [0.717, 1.165) is 26.1 Å². The minimum absolute atomic E-state index is 0.0452. The predicted molar refractivity (Wildman–Crippen MR) is 114 cm³/mol. The van der Waals surface area contributed by atoms with Crippen LogP contribution in [0.1, 0.15) is 95.4 Å². The molecule has 0 fully saturated rings. The molecule has 0 saturated carbocycles. The number of nitrogens with two attached hydrogens (primary N) is 2. The van der Waals surface area contributed by atoms with Gasteiger partial charge < -0.3 is 16.4 Å². The Morgan fingerprint density at radius 2 is 1.12 bits per heavy atom. The van der Waals surface area contributed by atoms with Crippen molar-refractivity contribution in [1.29, 1.82) is 0 Å². The zero-order valence-electron chi connectivity index (χ0n) is 19.3. The average Bonchev–Trinajstić information content (AvgIpc) is 2.19. The van der Waals surface area contributed by atoms with Crippen molar-refractivity contribution in [3.05, 3.63) is 0 Å². The van der Waals surface area contributed by atoms with Crippen LogP contribution >= 0.6 is 0 Å². The molecule has 0 heterocycles. The monoisotopic (exact) mass is 355 g/mol. The summed E-state index contributed by atoms with van der Waals surface area (Å²) in [6.07, 6.45) is 3.49. The maximum atomic E-state index is 6.50. The van der Waals surface area contributed by atoms with Gasteiger partial charge in [-0.1, -0.05) is 54.9 Å². The Morgan fingerprint density at radius 1 is 0.680 bits per heavy atom. The fourth-order valence-corrected chi connectivity index (χ4v) is 4.19. The number of nitrogens with zero attached hydrogens (tertiary/aromatic N) is 1. The summed E-state index contributed by atoms with van der Waals surface area (Å²) in [5, 5.41) is 0. The normalized spacial score (nSPS) is 15.1. The predicted octanol–water partition coefficient (Wildman–Crippen LogP) is 5.03. The van der Waals surface area contributed by atoms with E-state index in [0.29, 0.717) is 5.41 Å². The first-order chi connectivity index (χ1) is 10.8. The second kappa shape index (κ2) is 8.27. The van der Waals surface area contributed by atoms with Crippen LogP contribution in [0, 0.1) is 16.2 Å². The van der Waals surface area contributed by atoms with E-state index in [1.165, 1.54) is 12.8 Å². The Bertz CT molecular complexity index is 394. The maximum Gasteiger partial charge on any atom is 0.0161 e. The SMILES string of the molecule is CCCC(C)(C)CN(CC(C)(C)CC(C)(C)N)CC(C)(C)C(C)(C)N. The van der Waals surface area contributed by atoms with E-state index < -0.39 is 0 Å². The van der Waals surface area contributed by atoms with Crippen molar-refractivity contribution >= 4 is 0 Å². The van der Waals surface area contributed by atoms with Crippen LogP contribution in [-0.4, -0.2) is 35.6 Å². The van der Waals surface area contributed by atoms with Gasteiger partial charge in [0.15, 0.2) is 0 Å². The second-order valence-electron chi connectivity index (χ2n) is 12.0. The summed E-state index contributed by atoms with van der Waals surface area (Å²) in [4.78, 5) is 2.65. The van der Waals surface area contributed by atoms with Gasteiger partial charge in [0.2, 0.25) is 0 Å². The van der Waals surface area contributed by atoms with Crippen molar-refractivity contribution in [3.63, 3.8) is 0 Å². The van der Waals surface area contributed by atoms with Gasteiger partial charge in [-0.05, 0) is 56.8 Å². The Balaban J connectivity index is 5.40. The number of hydrogen-bond donors (Lipinski definition) is 2. The highest BCUT2D eigenvalue weighted by Crippen LogP contribution is 2.35. The Morgan fingerprint density at radius 3 is 1.48 bits per heavy atom. The molecule has 0 aliphatic rings. The molecule has 0 aromatic rings. The van der Waals surface area contributed by atoms with Crippen LogP contribution < -0.4 is 11.5 Å². The quantitative estimate of drug-likeness (QED) is 0.546. The van der Waals surface area contributed by atoms with Crippen LogP contribution in [0.25, 0.3) is 0 Å². The lowest BCUT2D eigenvalue weighted by Crippen LogP contribution is -2.55. The molecule has 3 heteroatoms. The van der Waals surface area contributed by atoms with Gasteiger partial charge in [0, 0.05) is 30.7 Å². The molecule has 4 N–H and O–H groups in total. The summed E-state index contributed by atoms with van der Waals surface area (Å²) in [6.45, 7) is 28.1. The highest BCUT2D eigenvalue weighted by molar-refractivity contribution is 4.94. The van der Waals surface area contributed by atoms with Crippen LogP contribution in [0.15, 0.2) is 0 Å². The molecule has 25 heavy (non-hydrogen) atoms. The molecule has 0 spiro atoms. The van der Waals surface area contributed by atoms with Gasteiger partial charge in [0.1, 0.15) is 0 Å². The van der Waals surface area contributed by atoms with Gasteiger partial charge >= 0.3 is 0 Å². The lowest BCUT2D eigenvalue weighted by Gasteiger charge is -2.46. The van der Waals surface area contributed by atoms with E-state index in [-0.39, 0.29) is 21.9 Å². The molecule has 0 saturated heterocycles. The van der Waals surface area contributed by atoms with Crippen molar-refractivity contribution in [2.75, 3.05) is 19.6 Å². The summed E-state index contributed by atoms with van der Waals surface area (Å²) in [5.74, 6) is 0. The summed E-state index contributed by atoms with van der Waals surface area (Å²) < 4.78 is 0. The molecule has 0 aromatic carbocycles. The highest BCUT2D eigenvalue weighted by atomic mass is 15.1. The molecule has 0 unspecified atom stereocenters. The molecular weight excluding hydrogens is 306 g/mol. The van der Waals surface area contributed by atoms with Crippen molar-refractivity contribution in [2.45, 2.75) is 107 Å². The van der Waals surface area contributed by atoms with Gasteiger partial charge in [-0.2, -0.15) is 0 Å². The van der Waals surface area contributed by atoms with E-state index in [4.69, 9.17) is 11.5 Å². The maximum absolute atomic E-state index is 6.50. The van der Waals surface area contributed by atoms with Gasteiger partial charge in [0.25, 0.3) is 0 Å². The highest BCUT2D eigenvalue weighted by Gasteiger charge is 2.38. The number of hydrogen-bond acceptors (Lipinski definition) is 3. The van der Waals surface area contributed by atoms with Gasteiger partial charge in [-0.25, -0.2) is 0 Å². The first kappa shape index (κ1) is 24.9. The Labute approximate surface area is 159 Å². The molecule has 0 radical (unpaired) electrons. The lowest BCUT2D eigenvalue weighted by molar-refractivity contribution is 0.0475. The fraction of sp³-hybridized carbons (Fsp3) is 1.00. The first-order valence-corrected chi connectivity index (χ1v) is 10.1. The van der Waals surface area contributed by atoms with E-state index >= 15 is 0 Å². The molecule has 0 aliphatic heterocycles. The summed E-state index contributed by atoms with van der Waals surface area (Å²) in [5.41, 5.74) is 13.0. The third-order valence-corrected chi connectivity index (χ3v) is 5.53. The van der Waals surface area contributed by atoms with Crippen molar-refractivity contribution in [3.8, 4) is 0 Å². The van der Waals surface area contributed by atoms with Crippen molar-refractivity contribution in [1.82, 2.24) is 4.90 Å². The van der Waals surface area contributed by atoms with Crippen LogP contribution in [0.4, 0.5) is 0 Å². The average molecular weight is 356 g/mol. The topological polar surface area (TPSA) is 55.3 Å². The minimum Gasteiger partial charge on any atom is -0.326 e. The molecule has 0 amide bonds. The summed E-state index contributed by atoms with van der Waals surface area (Å²) in [6, 6.07) is 0. The van der Waals surface area contributed by atoms with E-state index in [9.17, 15) is 0 Å². The third-order valence-electron chi connectivity index (χ3n) is 5.53. The zero-order chi connectivity index (χ0) is 20.3. The van der Waals surface area contributed by atoms with Crippen molar-refractivity contribution < 1.29 is 0 Å². The second-order valence-corrected chi connectivity index (χ2v) is 12.0. The molecule has 0 aromatic heterocycles. The first-order valence-electron chi connectivity index (χ1n) is 10.1. The molecule has 3 nitrogen and oxygen atoms in total. The minimum atomic E-state index is -0.211. The molecule has 0 bridgehead atoms. The fourth-order valence-electron chi connectivity index (χ4n) is 4.19. The molecular formula is C22H49N3. The van der Waals surface area contributed by atoms with E-state index in [2.05, 4.69) is 81.1 Å². The standard InChI is InChI=1S/C22H49N3/c1-12-13-18(2,3)15-25(17-20(6,7)22(10,11)24)16-19(4,5)14-21(8,9)23/h12-17,23-24H2,1-11H3. The van der Waals surface area contributed by atoms with Crippen LogP contribution in [-0.2, 0) is 0 Å². The van der Waals surface area contributed by atoms with E-state index in [1.54, 1.807) is 0 Å². The Hall–Kier alpha value is -0.120. The Kier molecular flexibility index (Phi) is 8.23. The van der Waals surface area contributed by atoms with E-state index in [1.807, 2.05) is 0 Å². The summed E-state index contributed by atoms with van der Waals surface area (Å²) >= 11 is 0. The van der Waals surface area contributed by atoms with Gasteiger partial charge in [-0.3, -0.25) is 0 Å². The van der Waals surface area contributed by atoms with Crippen LogP contribution in [0.2, 0.25) is 0 Å². The third kappa shape index (κ3) is 9.96. The molecule has 0 aliphatic carbocycles. The molecule has 0 atom stereocenters. The van der Waals surface area contributed by atoms with Gasteiger partial charge in [-0.15, -0.1) is 0 Å². The zero-order valence-corrected chi connectivity index (χ0v) is 19.3. The molecule has 0 rings (SSSR count). The number of rotatable bonds is 11. The molecule has 152 valence electrons. The van der Waals surface area contributed by atoms with Crippen LogP contribution in [0.3, 0.4) is 0 Å². The van der Waals surface area contributed by atoms with Crippen molar-refractivity contribution in [2.24, 2.45) is 27.7 Å². The largest absolute Gasteiger partial charge is 0.326 e. The van der Waals surface area contributed by atoms with Gasteiger partial charge in [0.05, 0.1) is 0 Å². The lowest BCUT2D eigenvalue weighted by atomic mass is 9.73. The van der Waals surface area contributed by atoms with Crippen LogP contribution in [0.5, 0.6) is 0 Å².